The van der Waals surface area contributed by atoms with Crippen LogP contribution in [0.2, 0.25) is 5.02 Å². The summed E-state index contributed by atoms with van der Waals surface area (Å²) in [6.07, 6.45) is 4.80. The highest BCUT2D eigenvalue weighted by Gasteiger charge is 2.34. The van der Waals surface area contributed by atoms with Crippen molar-refractivity contribution in [3.63, 3.8) is 0 Å². The number of carbonyl (C=O) groups excluding carboxylic acids is 2. The van der Waals surface area contributed by atoms with Gasteiger partial charge in [0.25, 0.3) is 11.8 Å². The largest absolute Gasteiger partial charge is 0.483 e. The van der Waals surface area contributed by atoms with Crippen LogP contribution in [-0.4, -0.2) is 34.7 Å². The molecule has 6 rings (SSSR count). The number of rotatable bonds is 11. The lowest BCUT2D eigenvalue weighted by Gasteiger charge is -2.13. The molecule has 0 unspecified atom stereocenters. The van der Waals surface area contributed by atoms with Crippen LogP contribution in [0.1, 0.15) is 22.5 Å². The lowest BCUT2D eigenvalue weighted by molar-refractivity contribution is -0.122. The molecule has 1 N–H and O–H groups in total. The highest BCUT2D eigenvalue weighted by atomic mass is 35.5. The number of para-hydroxylation sites is 1. The summed E-state index contributed by atoms with van der Waals surface area (Å²) >= 11 is 7.48. The summed E-state index contributed by atoms with van der Waals surface area (Å²) in [6, 6.07) is 32.9. The van der Waals surface area contributed by atoms with Gasteiger partial charge in [0, 0.05) is 16.3 Å². The van der Waals surface area contributed by atoms with Crippen molar-refractivity contribution < 1.29 is 23.5 Å². The maximum absolute atomic E-state index is 13.7. The van der Waals surface area contributed by atoms with E-state index in [1.165, 1.54) is 4.90 Å². The second-order valence-corrected chi connectivity index (χ2v) is 12.0. The normalized spacial score (nSPS) is 14.6. The topological polar surface area (TPSA) is 106 Å². The van der Waals surface area contributed by atoms with E-state index in [1.807, 2.05) is 85.8 Å². The number of aryl methyl sites for hydroxylation is 1. The molecule has 0 aliphatic carbocycles. The number of furan rings is 1. The van der Waals surface area contributed by atoms with E-state index in [0.29, 0.717) is 43.6 Å². The minimum absolute atomic E-state index is 0.156. The van der Waals surface area contributed by atoms with Crippen LogP contribution >= 0.6 is 23.4 Å². The molecule has 0 saturated carbocycles. The highest BCUT2D eigenvalue weighted by molar-refractivity contribution is 8.18. The first-order valence-electron chi connectivity index (χ1n) is 14.9. The zero-order chi connectivity index (χ0) is 33.3. The van der Waals surface area contributed by atoms with Gasteiger partial charge in [-0.25, -0.2) is 0 Å². The Morgan fingerprint density at radius 1 is 0.958 bits per heavy atom. The number of anilines is 1. The van der Waals surface area contributed by atoms with Gasteiger partial charge < -0.3 is 19.2 Å². The van der Waals surface area contributed by atoms with Crippen LogP contribution in [0.25, 0.3) is 6.08 Å². The maximum atomic E-state index is 13.7. The number of carbonyl (C=O) groups is 2. The molecule has 0 radical (unpaired) electrons. The predicted octanol–water partition coefficient (Wildman–Crippen LogP) is 8.56. The van der Waals surface area contributed by atoms with Gasteiger partial charge in [-0.2, -0.15) is 5.10 Å². The summed E-state index contributed by atoms with van der Waals surface area (Å²) in [4.78, 5) is 28.1. The highest BCUT2D eigenvalue weighted by Crippen LogP contribution is 2.36. The monoisotopic (exact) mass is 676 g/mol. The fraction of sp³-hybridized carbons (Fsp3) is 0.0811. The lowest BCUT2D eigenvalue weighted by Crippen LogP contribution is -2.28. The molecule has 4 aromatic carbocycles. The first-order chi connectivity index (χ1) is 23.4. The molecular formula is C37H29ClN4O5S. The van der Waals surface area contributed by atoms with E-state index >= 15 is 0 Å². The van der Waals surface area contributed by atoms with Crippen molar-refractivity contribution in [2.45, 2.75) is 13.5 Å². The smallest absolute Gasteiger partial charge is 0.267 e. The number of nitrogens with zero attached hydrogens (tertiary/aromatic N) is 3. The molecule has 48 heavy (non-hydrogen) atoms. The molecule has 5 aromatic rings. The lowest BCUT2D eigenvalue weighted by atomic mass is 10.2. The van der Waals surface area contributed by atoms with Gasteiger partial charge in [-0.3, -0.25) is 14.5 Å². The third kappa shape index (κ3) is 8.61. The Morgan fingerprint density at radius 2 is 1.77 bits per heavy atom. The van der Waals surface area contributed by atoms with Gasteiger partial charge in [0.15, 0.2) is 11.8 Å². The van der Waals surface area contributed by atoms with E-state index in [9.17, 15) is 9.59 Å². The van der Waals surface area contributed by atoms with E-state index in [0.717, 1.165) is 28.6 Å². The summed E-state index contributed by atoms with van der Waals surface area (Å²) in [7, 11) is 0. The maximum Gasteiger partial charge on any atom is 0.267 e. The summed E-state index contributed by atoms with van der Waals surface area (Å²) in [5, 5.41) is 12.3. The van der Waals surface area contributed by atoms with Crippen molar-refractivity contribution in [3.05, 3.63) is 148 Å². The fourth-order valence-electron chi connectivity index (χ4n) is 4.59. The van der Waals surface area contributed by atoms with Crippen molar-refractivity contribution in [1.29, 1.82) is 0 Å². The van der Waals surface area contributed by atoms with Crippen LogP contribution in [0.3, 0.4) is 0 Å². The van der Waals surface area contributed by atoms with Crippen LogP contribution in [-0.2, 0) is 16.1 Å². The number of benzene rings is 4. The molecule has 1 fully saturated rings. The fourth-order valence-corrected chi connectivity index (χ4v) is 5.70. The van der Waals surface area contributed by atoms with Crippen molar-refractivity contribution >= 4 is 58.3 Å². The van der Waals surface area contributed by atoms with Crippen LogP contribution in [0.5, 0.6) is 17.2 Å². The zero-order valence-electron chi connectivity index (χ0n) is 25.7. The Hall–Kier alpha value is -5.58. The van der Waals surface area contributed by atoms with Gasteiger partial charge in [-0.15, -0.1) is 5.10 Å². The third-order valence-corrected chi connectivity index (χ3v) is 8.15. The van der Waals surface area contributed by atoms with E-state index in [1.54, 1.807) is 48.9 Å². The summed E-state index contributed by atoms with van der Waals surface area (Å²) in [6.45, 7) is 1.89. The number of nitrogens with one attached hydrogen (secondary N) is 1. The van der Waals surface area contributed by atoms with Gasteiger partial charge in [-0.1, -0.05) is 59.6 Å². The van der Waals surface area contributed by atoms with E-state index in [2.05, 4.69) is 15.5 Å². The molecular weight excluding hydrogens is 648 g/mol. The molecule has 1 saturated heterocycles. The second kappa shape index (κ2) is 15.3. The summed E-state index contributed by atoms with van der Waals surface area (Å²) in [5.74, 6) is 1.72. The molecule has 0 bridgehead atoms. The Morgan fingerprint density at radius 3 is 2.56 bits per heavy atom. The molecule has 1 aromatic heterocycles. The van der Waals surface area contributed by atoms with Crippen molar-refractivity contribution in [3.8, 4) is 17.2 Å². The van der Waals surface area contributed by atoms with Crippen molar-refractivity contribution in [1.82, 2.24) is 4.90 Å². The molecule has 0 atom stereocenters. The molecule has 2 heterocycles. The minimum Gasteiger partial charge on any atom is -0.483 e. The molecule has 1 aliphatic heterocycles. The van der Waals surface area contributed by atoms with Gasteiger partial charge in [0.1, 0.15) is 23.0 Å². The Labute approximate surface area is 286 Å². The molecule has 11 heteroatoms. The van der Waals surface area contributed by atoms with Crippen LogP contribution < -0.4 is 14.8 Å². The van der Waals surface area contributed by atoms with Gasteiger partial charge in [0.2, 0.25) is 0 Å². The predicted molar refractivity (Wildman–Crippen MR) is 190 cm³/mol. The molecule has 2 amide bonds. The number of hydrogen-bond acceptors (Lipinski definition) is 8. The SMILES string of the molecule is Cc1ccc(NC(=O)COc2ccc(Cl)cc2/C=C2\S/C(=N/N=C\c3cccc(Oc4ccccc4)c3)N(Cc3ccco3)C2=O)cc1. The Balaban J connectivity index is 1.20. The third-order valence-electron chi connectivity index (χ3n) is 6.92. The van der Waals surface area contributed by atoms with E-state index in [4.69, 9.17) is 25.5 Å². The number of amidine groups is 1. The quantitative estimate of drug-likeness (QED) is 0.0854. The standard InChI is InChI=1S/C37H29ClN4O5S/c1-25-12-15-29(16-13-25)40-35(43)24-46-33-17-14-28(38)20-27(33)21-34-36(44)42(23-32-11-6-18-45-32)37(48-34)41-39-22-26-7-5-10-31(19-26)47-30-8-3-2-4-9-30/h2-22H,23-24H2,1H3,(H,40,43)/b34-21-,39-22-,41-37+. The van der Waals surface area contributed by atoms with Crippen LogP contribution in [0.15, 0.2) is 135 Å². The number of halogens is 1. The molecule has 9 nitrogen and oxygen atoms in total. The number of amides is 2. The van der Waals surface area contributed by atoms with E-state index in [-0.39, 0.29) is 25.0 Å². The average Bonchev–Trinajstić information content (AvgIpc) is 3.70. The zero-order valence-corrected chi connectivity index (χ0v) is 27.3. The van der Waals surface area contributed by atoms with Crippen molar-refractivity contribution in [2.24, 2.45) is 10.2 Å². The van der Waals surface area contributed by atoms with Gasteiger partial charge in [-0.05, 0) is 97.1 Å². The summed E-state index contributed by atoms with van der Waals surface area (Å²) < 4.78 is 17.3. The van der Waals surface area contributed by atoms with Crippen molar-refractivity contribution in [2.75, 3.05) is 11.9 Å². The number of hydrogen-bond donors (Lipinski definition) is 1. The first kappa shape index (κ1) is 32.4. The van der Waals surface area contributed by atoms with Gasteiger partial charge >= 0.3 is 0 Å². The second-order valence-electron chi connectivity index (χ2n) is 10.6. The van der Waals surface area contributed by atoms with Crippen LogP contribution in [0, 0.1) is 6.92 Å². The average molecular weight is 677 g/mol. The Bertz CT molecular complexity index is 1990. The minimum atomic E-state index is -0.326. The first-order valence-corrected chi connectivity index (χ1v) is 16.1. The van der Waals surface area contributed by atoms with E-state index < -0.39 is 0 Å². The molecule has 1 aliphatic rings. The molecule has 240 valence electrons. The number of thioether (sulfide) groups is 1. The summed E-state index contributed by atoms with van der Waals surface area (Å²) in [5.41, 5.74) is 3.05. The van der Waals surface area contributed by atoms with Crippen LogP contribution in [0.4, 0.5) is 5.69 Å². The number of ether oxygens (including phenoxy) is 2. The van der Waals surface area contributed by atoms with Gasteiger partial charge in [0.05, 0.1) is 23.9 Å². The molecule has 0 spiro atoms. The Kier molecular flexibility index (Phi) is 10.3.